The number of aromatic nitrogens is 2. The third-order valence-corrected chi connectivity index (χ3v) is 8.11. The van der Waals surface area contributed by atoms with Gasteiger partial charge in [-0.05, 0) is 29.8 Å². The highest BCUT2D eigenvalue weighted by Gasteiger charge is 2.42. The topological polar surface area (TPSA) is 93.5 Å². The van der Waals surface area contributed by atoms with E-state index in [9.17, 15) is 26.4 Å². The fraction of sp³-hybridized carbons (Fsp3) is 0.304. The molecule has 2 heterocycles. The molecule has 0 unspecified atom stereocenters. The van der Waals surface area contributed by atoms with Crippen LogP contribution in [0.25, 0.3) is 0 Å². The molecular weight excluding hydrogens is 521 g/mol. The van der Waals surface area contributed by atoms with Gasteiger partial charge in [0.2, 0.25) is 0 Å². The number of methoxy groups -OCH3 is 1. The third-order valence-electron chi connectivity index (χ3n) is 5.98. The molecular formula is C23H22ClF3N4O4S. The zero-order chi connectivity index (χ0) is 26.3. The Hall–Kier alpha value is -3.09. The fourth-order valence-corrected chi connectivity index (χ4v) is 5.90. The molecule has 1 aliphatic rings. The summed E-state index contributed by atoms with van der Waals surface area (Å²) in [7, 11) is -0.844. The molecule has 1 saturated heterocycles. The summed E-state index contributed by atoms with van der Waals surface area (Å²) in [5.41, 5.74) is -0.768. The molecule has 13 heteroatoms. The second-order valence-electron chi connectivity index (χ2n) is 8.32. The van der Waals surface area contributed by atoms with Crippen LogP contribution in [0.1, 0.15) is 27.4 Å². The first-order chi connectivity index (χ1) is 16.9. The second-order valence-corrected chi connectivity index (χ2v) is 10.6. The van der Waals surface area contributed by atoms with Crippen molar-refractivity contribution in [3.05, 3.63) is 76.7 Å². The summed E-state index contributed by atoms with van der Waals surface area (Å²) >= 11 is 5.93. The summed E-state index contributed by atoms with van der Waals surface area (Å²) in [5.74, 6) is -0.749. The van der Waals surface area contributed by atoms with Crippen molar-refractivity contribution < 1.29 is 31.1 Å². The highest BCUT2D eigenvalue weighted by molar-refractivity contribution is 7.89. The Labute approximate surface area is 210 Å². The summed E-state index contributed by atoms with van der Waals surface area (Å²) < 4.78 is 74.1. The van der Waals surface area contributed by atoms with E-state index in [1.54, 1.807) is 31.3 Å². The predicted octanol–water partition coefficient (Wildman–Crippen LogP) is 3.69. The van der Waals surface area contributed by atoms with Gasteiger partial charge in [0.25, 0.3) is 15.9 Å². The second kappa shape index (κ2) is 9.75. The van der Waals surface area contributed by atoms with Crippen LogP contribution in [0.5, 0.6) is 5.75 Å². The molecule has 3 aromatic rings. The van der Waals surface area contributed by atoms with Crippen molar-refractivity contribution in [2.45, 2.75) is 23.2 Å². The van der Waals surface area contributed by atoms with Gasteiger partial charge < -0.3 is 14.6 Å². The maximum Gasteiger partial charge on any atom is 0.417 e. The van der Waals surface area contributed by atoms with E-state index in [1.807, 2.05) is 0 Å². The molecule has 0 saturated carbocycles. The molecule has 0 aliphatic carbocycles. The molecule has 0 radical (unpaired) electrons. The third kappa shape index (κ3) is 5.06. The van der Waals surface area contributed by atoms with Gasteiger partial charge in [-0.1, -0.05) is 29.8 Å². The lowest BCUT2D eigenvalue weighted by Crippen LogP contribution is -2.40. The molecule has 192 valence electrons. The number of imidazole rings is 1. The van der Waals surface area contributed by atoms with E-state index >= 15 is 0 Å². The molecule has 2 aromatic carbocycles. The van der Waals surface area contributed by atoms with Crippen molar-refractivity contribution in [3.63, 3.8) is 0 Å². The summed E-state index contributed by atoms with van der Waals surface area (Å²) in [5, 5.41) is 1.83. The Morgan fingerprint density at radius 2 is 1.86 bits per heavy atom. The Kier molecular flexibility index (Phi) is 7.04. The SMILES string of the molecule is COc1ccc([C@H]2CN(S(=O)(=O)c3cn(C)cn3)C[C@@H]2NC(=O)c2cccc(C(F)(F)F)c2Cl)cc1. The number of hydrogen-bond acceptors (Lipinski definition) is 5. The zero-order valence-corrected chi connectivity index (χ0v) is 20.7. The number of hydrogen-bond donors (Lipinski definition) is 1. The Balaban J connectivity index is 1.66. The van der Waals surface area contributed by atoms with Crippen molar-refractivity contribution in [3.8, 4) is 5.75 Å². The van der Waals surface area contributed by atoms with E-state index in [0.717, 1.165) is 17.7 Å². The number of ether oxygens (including phenoxy) is 1. The minimum absolute atomic E-state index is 0.0203. The number of carbonyl (C=O) groups excluding carboxylic acids is 1. The van der Waals surface area contributed by atoms with E-state index in [0.29, 0.717) is 5.75 Å². The van der Waals surface area contributed by atoms with Gasteiger partial charge in [-0.15, -0.1) is 0 Å². The molecule has 1 N–H and O–H groups in total. The lowest BCUT2D eigenvalue weighted by Gasteiger charge is -2.21. The minimum atomic E-state index is -4.74. The smallest absolute Gasteiger partial charge is 0.417 e. The Morgan fingerprint density at radius 3 is 2.44 bits per heavy atom. The van der Waals surface area contributed by atoms with Gasteiger partial charge in [0.1, 0.15) is 5.75 Å². The van der Waals surface area contributed by atoms with Crippen LogP contribution >= 0.6 is 11.6 Å². The Morgan fingerprint density at radius 1 is 1.17 bits per heavy atom. The first kappa shape index (κ1) is 26.0. The number of benzene rings is 2. The standard InChI is InChI=1S/C23H22ClF3N4O4S/c1-30-12-20(28-13-30)36(33,34)31-10-17(14-6-8-15(35-2)9-7-14)19(11-31)29-22(32)16-4-3-5-18(21(16)24)23(25,26)27/h3-9,12-13,17,19H,10-11H2,1-2H3,(H,29,32)/t17-,19+/m1/s1. The number of rotatable bonds is 6. The molecule has 0 spiro atoms. The molecule has 1 amide bonds. The van der Waals surface area contributed by atoms with Crippen molar-refractivity contribution in [2.75, 3.05) is 20.2 Å². The molecule has 8 nitrogen and oxygen atoms in total. The van der Waals surface area contributed by atoms with Crippen LogP contribution in [0, 0.1) is 0 Å². The van der Waals surface area contributed by atoms with Crippen molar-refractivity contribution in [1.29, 1.82) is 0 Å². The van der Waals surface area contributed by atoms with Crippen LogP contribution < -0.4 is 10.1 Å². The van der Waals surface area contributed by atoms with Crippen LogP contribution in [-0.4, -0.2) is 54.4 Å². The number of sulfonamides is 1. The van der Waals surface area contributed by atoms with E-state index < -0.39 is 44.7 Å². The molecule has 36 heavy (non-hydrogen) atoms. The van der Waals surface area contributed by atoms with E-state index in [1.165, 1.54) is 34.6 Å². The predicted molar refractivity (Wildman–Crippen MR) is 125 cm³/mol. The first-order valence-corrected chi connectivity index (χ1v) is 12.5. The molecule has 1 fully saturated rings. The van der Waals surface area contributed by atoms with E-state index in [-0.39, 0.29) is 23.7 Å². The van der Waals surface area contributed by atoms with Crippen LogP contribution in [-0.2, 0) is 23.2 Å². The summed E-state index contributed by atoms with van der Waals surface area (Å²) in [6, 6.07) is 9.21. The molecule has 1 aliphatic heterocycles. The number of aryl methyl sites for hydroxylation is 1. The van der Waals surface area contributed by atoms with Gasteiger partial charge in [0, 0.05) is 32.3 Å². The molecule has 4 rings (SSSR count). The average molecular weight is 543 g/mol. The van der Waals surface area contributed by atoms with Crippen molar-refractivity contribution in [2.24, 2.45) is 7.05 Å². The normalized spacial score (nSPS) is 18.8. The summed E-state index contributed by atoms with van der Waals surface area (Å²) in [6.07, 6.45) is -2.01. The number of alkyl halides is 3. The van der Waals surface area contributed by atoms with Gasteiger partial charge in [-0.3, -0.25) is 4.79 Å². The number of nitrogens with one attached hydrogen (secondary N) is 1. The van der Waals surface area contributed by atoms with Gasteiger partial charge in [0.15, 0.2) is 5.03 Å². The summed E-state index contributed by atoms with van der Waals surface area (Å²) in [4.78, 5) is 17.0. The summed E-state index contributed by atoms with van der Waals surface area (Å²) in [6.45, 7) is -0.0928. The van der Waals surface area contributed by atoms with E-state index in [2.05, 4.69) is 10.3 Å². The average Bonchev–Trinajstić information content (AvgIpc) is 3.46. The van der Waals surface area contributed by atoms with Crippen LogP contribution in [0.3, 0.4) is 0 Å². The molecule has 2 atom stereocenters. The van der Waals surface area contributed by atoms with Crippen molar-refractivity contribution >= 4 is 27.5 Å². The molecule has 1 aromatic heterocycles. The quantitative estimate of drug-likeness (QED) is 0.513. The van der Waals surface area contributed by atoms with Gasteiger partial charge >= 0.3 is 6.18 Å². The van der Waals surface area contributed by atoms with Gasteiger partial charge in [0.05, 0.1) is 35.6 Å². The van der Waals surface area contributed by atoms with Gasteiger partial charge in [-0.25, -0.2) is 13.4 Å². The van der Waals surface area contributed by atoms with Gasteiger partial charge in [-0.2, -0.15) is 17.5 Å². The van der Waals surface area contributed by atoms with E-state index in [4.69, 9.17) is 16.3 Å². The zero-order valence-electron chi connectivity index (χ0n) is 19.2. The Bertz CT molecular complexity index is 1380. The fourth-order valence-electron chi connectivity index (χ4n) is 4.13. The minimum Gasteiger partial charge on any atom is -0.497 e. The highest BCUT2D eigenvalue weighted by atomic mass is 35.5. The number of amides is 1. The molecule has 0 bridgehead atoms. The lowest BCUT2D eigenvalue weighted by molar-refractivity contribution is -0.137. The van der Waals surface area contributed by atoms with Crippen LogP contribution in [0.2, 0.25) is 5.02 Å². The number of carbonyl (C=O) groups is 1. The highest BCUT2D eigenvalue weighted by Crippen LogP contribution is 2.37. The first-order valence-electron chi connectivity index (χ1n) is 10.7. The number of halogens is 4. The lowest BCUT2D eigenvalue weighted by atomic mass is 9.94. The maximum absolute atomic E-state index is 13.3. The number of nitrogens with zero attached hydrogens (tertiary/aromatic N) is 3. The maximum atomic E-state index is 13.3. The van der Waals surface area contributed by atoms with Crippen LogP contribution in [0.15, 0.2) is 60.0 Å². The van der Waals surface area contributed by atoms with Crippen LogP contribution in [0.4, 0.5) is 13.2 Å². The largest absolute Gasteiger partial charge is 0.497 e. The monoisotopic (exact) mass is 542 g/mol. The van der Waals surface area contributed by atoms with Crippen molar-refractivity contribution in [1.82, 2.24) is 19.2 Å².